The molecule has 2 rings (SSSR count). The number of benzene rings is 1. The van der Waals surface area contributed by atoms with Crippen LogP contribution in [0.15, 0.2) is 41.6 Å². The van der Waals surface area contributed by atoms with Gasteiger partial charge >= 0.3 is 0 Å². The Bertz CT molecular complexity index is 690. The van der Waals surface area contributed by atoms with Gasteiger partial charge in [0.1, 0.15) is 5.82 Å². The fraction of sp³-hybridized carbons (Fsp3) is 0.400. The quantitative estimate of drug-likeness (QED) is 0.885. The highest BCUT2D eigenvalue weighted by molar-refractivity contribution is 7.90. The maximum atomic E-state index is 11.5. The maximum absolute atomic E-state index is 11.5. The van der Waals surface area contributed by atoms with Crippen molar-refractivity contribution in [1.82, 2.24) is 14.9 Å². The van der Waals surface area contributed by atoms with Gasteiger partial charge < -0.3 is 9.88 Å². The van der Waals surface area contributed by atoms with Crippen molar-refractivity contribution in [2.75, 3.05) is 12.8 Å². The van der Waals surface area contributed by atoms with Crippen molar-refractivity contribution in [3.63, 3.8) is 0 Å². The Morgan fingerprint density at radius 3 is 2.43 bits per heavy atom. The molecular weight excluding hydrogens is 286 g/mol. The third kappa shape index (κ3) is 3.71. The molecule has 21 heavy (non-hydrogen) atoms. The first kappa shape index (κ1) is 15.7. The minimum Gasteiger partial charge on any atom is -0.336 e. The van der Waals surface area contributed by atoms with Crippen LogP contribution in [0.5, 0.6) is 0 Å². The van der Waals surface area contributed by atoms with Gasteiger partial charge in [0.2, 0.25) is 0 Å². The molecule has 0 spiro atoms. The molecule has 1 unspecified atom stereocenters. The highest BCUT2D eigenvalue weighted by Gasteiger charge is 2.18. The van der Waals surface area contributed by atoms with Crippen LogP contribution in [-0.2, 0) is 16.9 Å². The SMILES string of the molecule is CCCNC(c1ccc(S(C)(=O)=O)cc1)c1nccn1C. The molecule has 0 bridgehead atoms. The molecule has 0 saturated heterocycles. The van der Waals surface area contributed by atoms with Gasteiger partial charge in [0, 0.05) is 25.7 Å². The first-order chi connectivity index (χ1) is 9.93. The maximum Gasteiger partial charge on any atom is 0.175 e. The minimum absolute atomic E-state index is 0.0430. The number of sulfone groups is 1. The smallest absolute Gasteiger partial charge is 0.175 e. The number of aromatic nitrogens is 2. The van der Waals surface area contributed by atoms with Gasteiger partial charge in [-0.15, -0.1) is 0 Å². The van der Waals surface area contributed by atoms with Gasteiger partial charge in [-0.25, -0.2) is 13.4 Å². The van der Waals surface area contributed by atoms with E-state index in [0.717, 1.165) is 24.4 Å². The molecule has 0 aliphatic rings. The van der Waals surface area contributed by atoms with Crippen molar-refractivity contribution in [2.45, 2.75) is 24.3 Å². The molecule has 5 nitrogen and oxygen atoms in total. The Labute approximate surface area is 125 Å². The largest absolute Gasteiger partial charge is 0.336 e. The Kier molecular flexibility index (Phi) is 4.80. The van der Waals surface area contributed by atoms with Crippen LogP contribution in [0.4, 0.5) is 0 Å². The lowest BCUT2D eigenvalue weighted by Gasteiger charge is -2.19. The summed E-state index contributed by atoms with van der Waals surface area (Å²) < 4.78 is 25.0. The lowest BCUT2D eigenvalue weighted by molar-refractivity contribution is 0.555. The number of aryl methyl sites for hydroxylation is 1. The van der Waals surface area contributed by atoms with E-state index in [2.05, 4.69) is 17.2 Å². The van der Waals surface area contributed by atoms with Crippen LogP contribution >= 0.6 is 0 Å². The van der Waals surface area contributed by atoms with Crippen LogP contribution in [-0.4, -0.2) is 30.8 Å². The molecule has 6 heteroatoms. The van der Waals surface area contributed by atoms with Gasteiger partial charge in [0.05, 0.1) is 10.9 Å². The number of nitrogens with zero attached hydrogens (tertiary/aromatic N) is 2. The molecule has 1 atom stereocenters. The number of nitrogens with one attached hydrogen (secondary N) is 1. The van der Waals surface area contributed by atoms with E-state index in [9.17, 15) is 8.42 Å². The fourth-order valence-corrected chi connectivity index (χ4v) is 2.84. The van der Waals surface area contributed by atoms with Crippen LogP contribution in [0.3, 0.4) is 0 Å². The van der Waals surface area contributed by atoms with Crippen LogP contribution in [0.25, 0.3) is 0 Å². The van der Waals surface area contributed by atoms with Crippen molar-refractivity contribution in [2.24, 2.45) is 7.05 Å². The molecule has 1 N–H and O–H groups in total. The van der Waals surface area contributed by atoms with E-state index in [-0.39, 0.29) is 6.04 Å². The summed E-state index contributed by atoms with van der Waals surface area (Å²) in [4.78, 5) is 4.73. The second-order valence-corrected chi connectivity index (χ2v) is 7.14. The first-order valence-electron chi connectivity index (χ1n) is 6.94. The molecule has 0 fully saturated rings. The van der Waals surface area contributed by atoms with Crippen molar-refractivity contribution in [3.05, 3.63) is 48.0 Å². The predicted molar refractivity (Wildman–Crippen MR) is 82.9 cm³/mol. The average Bonchev–Trinajstić information content (AvgIpc) is 2.85. The van der Waals surface area contributed by atoms with Crippen LogP contribution in [0.1, 0.15) is 30.8 Å². The van der Waals surface area contributed by atoms with Gasteiger partial charge in [0.15, 0.2) is 9.84 Å². The molecule has 114 valence electrons. The molecular formula is C15H21N3O2S. The van der Waals surface area contributed by atoms with Crippen molar-refractivity contribution in [1.29, 1.82) is 0 Å². The third-order valence-electron chi connectivity index (χ3n) is 3.36. The lowest BCUT2D eigenvalue weighted by Crippen LogP contribution is -2.25. The van der Waals surface area contributed by atoms with Crippen LogP contribution < -0.4 is 5.32 Å². The number of hydrogen-bond donors (Lipinski definition) is 1. The number of hydrogen-bond acceptors (Lipinski definition) is 4. The van der Waals surface area contributed by atoms with Gasteiger partial charge in [-0.05, 0) is 30.7 Å². The molecule has 1 heterocycles. The van der Waals surface area contributed by atoms with E-state index >= 15 is 0 Å². The van der Waals surface area contributed by atoms with Gasteiger partial charge in [-0.3, -0.25) is 0 Å². The first-order valence-corrected chi connectivity index (χ1v) is 8.83. The van der Waals surface area contributed by atoms with Gasteiger partial charge in [0.25, 0.3) is 0 Å². The molecule has 2 aromatic rings. The number of rotatable bonds is 6. The second kappa shape index (κ2) is 6.41. The summed E-state index contributed by atoms with van der Waals surface area (Å²) in [5.74, 6) is 0.913. The van der Waals surface area contributed by atoms with Crippen molar-refractivity contribution >= 4 is 9.84 Å². The van der Waals surface area contributed by atoms with E-state index < -0.39 is 9.84 Å². The van der Waals surface area contributed by atoms with Crippen LogP contribution in [0.2, 0.25) is 0 Å². The van der Waals surface area contributed by atoms with Crippen molar-refractivity contribution in [3.8, 4) is 0 Å². The zero-order valence-electron chi connectivity index (χ0n) is 12.6. The van der Waals surface area contributed by atoms with Gasteiger partial charge in [-0.2, -0.15) is 0 Å². The lowest BCUT2D eigenvalue weighted by atomic mass is 10.1. The summed E-state index contributed by atoms with van der Waals surface area (Å²) in [6, 6.07) is 6.94. The van der Waals surface area contributed by atoms with E-state index in [1.807, 2.05) is 29.9 Å². The van der Waals surface area contributed by atoms with E-state index in [0.29, 0.717) is 4.90 Å². The fourth-order valence-electron chi connectivity index (χ4n) is 2.21. The molecule has 0 aliphatic heterocycles. The summed E-state index contributed by atoms with van der Waals surface area (Å²) in [5.41, 5.74) is 1.00. The van der Waals surface area contributed by atoms with E-state index in [1.54, 1.807) is 18.3 Å². The molecule has 0 saturated carbocycles. The summed E-state index contributed by atoms with van der Waals surface area (Å²) in [5, 5.41) is 3.45. The van der Waals surface area contributed by atoms with E-state index in [1.165, 1.54) is 6.26 Å². The number of imidazole rings is 1. The Balaban J connectivity index is 2.35. The van der Waals surface area contributed by atoms with Crippen molar-refractivity contribution < 1.29 is 8.42 Å². The normalized spacial score (nSPS) is 13.3. The van der Waals surface area contributed by atoms with E-state index in [4.69, 9.17) is 0 Å². The summed E-state index contributed by atoms with van der Waals surface area (Å²) in [6.45, 7) is 2.97. The summed E-state index contributed by atoms with van der Waals surface area (Å²) in [6.07, 6.45) is 5.90. The van der Waals surface area contributed by atoms with Gasteiger partial charge in [-0.1, -0.05) is 19.1 Å². The Morgan fingerprint density at radius 2 is 1.95 bits per heavy atom. The second-order valence-electron chi connectivity index (χ2n) is 5.12. The molecule has 1 aromatic carbocycles. The summed E-state index contributed by atoms with van der Waals surface area (Å²) >= 11 is 0. The molecule has 0 radical (unpaired) electrons. The van der Waals surface area contributed by atoms with Crippen LogP contribution in [0, 0.1) is 0 Å². The molecule has 0 aliphatic carbocycles. The monoisotopic (exact) mass is 307 g/mol. The topological polar surface area (TPSA) is 64.0 Å². The zero-order chi connectivity index (χ0) is 15.5. The Morgan fingerprint density at radius 1 is 1.29 bits per heavy atom. The minimum atomic E-state index is -3.17. The molecule has 0 amide bonds. The molecule has 1 aromatic heterocycles. The third-order valence-corrected chi connectivity index (χ3v) is 4.49. The Hall–Kier alpha value is -1.66. The zero-order valence-corrected chi connectivity index (χ0v) is 13.4. The highest BCUT2D eigenvalue weighted by atomic mass is 32.2. The average molecular weight is 307 g/mol. The standard InChI is InChI=1S/C15H21N3O2S/c1-4-9-16-14(15-17-10-11-18(15)2)12-5-7-13(8-6-12)21(3,19)20/h5-8,10-11,14,16H,4,9H2,1-3H3. The highest BCUT2D eigenvalue weighted by Crippen LogP contribution is 2.22. The summed E-state index contributed by atoms with van der Waals surface area (Å²) in [7, 11) is -1.21. The predicted octanol–water partition coefficient (Wildman–Crippen LogP) is 1.91.